The van der Waals surface area contributed by atoms with Crippen LogP contribution >= 0.6 is 0 Å². The number of nitrogens with one attached hydrogen (secondary N) is 1. The summed E-state index contributed by atoms with van der Waals surface area (Å²) in [5.74, 6) is -0.587. The van der Waals surface area contributed by atoms with Crippen LogP contribution < -0.4 is 11.2 Å². The maximum atomic E-state index is 11.8. The number of H-pyrrole nitrogens is 1. The number of rotatable bonds is 2. The number of hydrogen-bond donors (Lipinski definition) is 4. The van der Waals surface area contributed by atoms with Crippen LogP contribution in [0.15, 0.2) is 15.8 Å². The first kappa shape index (κ1) is 14.9. The number of hydrogen-bond acceptors (Lipinski definition) is 6. The monoisotopic (exact) mass is 286 g/mol. The molecule has 20 heavy (non-hydrogen) atoms. The molecule has 4 N–H and O–H groups in total. The van der Waals surface area contributed by atoms with Gasteiger partial charge in [-0.1, -0.05) is 6.92 Å². The molecule has 8 nitrogen and oxygen atoms in total. The van der Waals surface area contributed by atoms with E-state index in [1.54, 1.807) is 6.92 Å². The largest absolute Gasteiger partial charge is 0.394 e. The quantitative estimate of drug-likeness (QED) is 0.503. The van der Waals surface area contributed by atoms with Gasteiger partial charge in [0.2, 0.25) is 0 Å². The first-order chi connectivity index (χ1) is 9.36. The molecule has 5 atom stereocenters. The number of aromatic amines is 1. The van der Waals surface area contributed by atoms with Gasteiger partial charge in [0.25, 0.3) is 5.56 Å². The van der Waals surface area contributed by atoms with E-state index in [1.165, 1.54) is 13.1 Å². The highest BCUT2D eigenvalue weighted by Crippen LogP contribution is 2.31. The molecular weight excluding hydrogens is 268 g/mol. The van der Waals surface area contributed by atoms with Gasteiger partial charge in [-0.25, -0.2) is 4.79 Å². The minimum atomic E-state index is -1.23. The third-order valence-corrected chi connectivity index (χ3v) is 3.63. The van der Waals surface area contributed by atoms with E-state index in [-0.39, 0.29) is 0 Å². The predicted molar refractivity (Wildman–Crippen MR) is 68.2 cm³/mol. The molecule has 8 heteroatoms. The summed E-state index contributed by atoms with van der Waals surface area (Å²) < 4.78 is 6.63. The molecule has 0 radical (unpaired) electrons. The van der Waals surface area contributed by atoms with Crippen molar-refractivity contribution in [1.29, 1.82) is 0 Å². The fourth-order valence-corrected chi connectivity index (χ4v) is 2.33. The van der Waals surface area contributed by atoms with Gasteiger partial charge < -0.3 is 20.1 Å². The van der Waals surface area contributed by atoms with Crippen LogP contribution in [-0.4, -0.2) is 49.8 Å². The molecule has 1 unspecified atom stereocenters. The van der Waals surface area contributed by atoms with E-state index < -0.39 is 48.3 Å². The molecule has 112 valence electrons. The standard InChI is InChI=1S/C12H18N2O6/c1-5-3-14(12(19)13-10(5)18)11-6(2)8(16)9(17)7(4-15)20-11/h3,6-9,11,15-17H,4H2,1-2H3,(H,13,18,19)/t6?,7-,8-,9+,11-/m1/s1. The molecule has 2 rings (SSSR count). The van der Waals surface area contributed by atoms with Gasteiger partial charge in [-0.15, -0.1) is 0 Å². The highest BCUT2D eigenvalue weighted by molar-refractivity contribution is 5.02. The predicted octanol–water partition coefficient (Wildman–Crippen LogP) is -1.91. The van der Waals surface area contributed by atoms with E-state index in [0.717, 1.165) is 4.57 Å². The summed E-state index contributed by atoms with van der Waals surface area (Å²) in [7, 11) is 0. The number of aliphatic hydroxyl groups excluding tert-OH is 3. The van der Waals surface area contributed by atoms with E-state index >= 15 is 0 Å². The molecule has 1 aromatic heterocycles. The number of ether oxygens (including phenoxy) is 1. The molecular formula is C12H18N2O6. The van der Waals surface area contributed by atoms with Crippen molar-refractivity contribution in [2.24, 2.45) is 5.92 Å². The summed E-state index contributed by atoms with van der Waals surface area (Å²) in [6, 6.07) is 0. The van der Waals surface area contributed by atoms with E-state index in [1.807, 2.05) is 0 Å². The minimum Gasteiger partial charge on any atom is -0.394 e. The molecule has 1 fully saturated rings. The van der Waals surface area contributed by atoms with Crippen molar-refractivity contribution in [2.75, 3.05) is 6.61 Å². The lowest BCUT2D eigenvalue weighted by atomic mass is 9.91. The van der Waals surface area contributed by atoms with E-state index in [0.29, 0.717) is 5.56 Å². The molecule has 0 aliphatic carbocycles. The SMILES string of the molecule is Cc1cn([C@@H]2O[C@H](CO)[C@H](O)[C@H](O)C2C)c(=O)[nH]c1=O. The molecule has 0 spiro atoms. The molecule has 0 aromatic carbocycles. The fraction of sp³-hybridized carbons (Fsp3) is 0.667. The van der Waals surface area contributed by atoms with Gasteiger partial charge in [0, 0.05) is 17.7 Å². The molecule has 0 amide bonds. The Morgan fingerprint density at radius 3 is 2.60 bits per heavy atom. The van der Waals surface area contributed by atoms with Crippen LogP contribution in [0.25, 0.3) is 0 Å². The Hall–Kier alpha value is -1.48. The maximum absolute atomic E-state index is 11.8. The fourth-order valence-electron chi connectivity index (χ4n) is 2.33. The molecule has 1 aliphatic rings. The van der Waals surface area contributed by atoms with Crippen LogP contribution in [0.2, 0.25) is 0 Å². The van der Waals surface area contributed by atoms with Crippen molar-refractivity contribution < 1.29 is 20.1 Å². The number of aliphatic hydroxyl groups is 3. The topological polar surface area (TPSA) is 125 Å². The van der Waals surface area contributed by atoms with Crippen molar-refractivity contribution in [2.45, 2.75) is 38.4 Å². The summed E-state index contributed by atoms with van der Waals surface area (Å²) in [4.78, 5) is 25.3. The lowest BCUT2D eigenvalue weighted by Crippen LogP contribution is -2.54. The highest BCUT2D eigenvalue weighted by atomic mass is 16.5. The first-order valence-corrected chi connectivity index (χ1v) is 6.31. The lowest BCUT2D eigenvalue weighted by Gasteiger charge is -2.41. The summed E-state index contributed by atoms with van der Waals surface area (Å²) in [6.07, 6.45) is -2.92. The lowest BCUT2D eigenvalue weighted by molar-refractivity contribution is -0.229. The second kappa shape index (κ2) is 5.49. The average molecular weight is 286 g/mol. The van der Waals surface area contributed by atoms with E-state index in [2.05, 4.69) is 4.98 Å². The van der Waals surface area contributed by atoms with Gasteiger partial charge in [-0.3, -0.25) is 14.3 Å². The Labute approximate surface area is 114 Å². The normalized spacial score (nSPS) is 34.1. The third-order valence-electron chi connectivity index (χ3n) is 3.63. The Kier molecular flexibility index (Phi) is 4.09. The molecule has 1 saturated heterocycles. The maximum Gasteiger partial charge on any atom is 0.330 e. The Morgan fingerprint density at radius 2 is 2.00 bits per heavy atom. The van der Waals surface area contributed by atoms with Crippen LogP contribution in [-0.2, 0) is 4.74 Å². The van der Waals surface area contributed by atoms with Gasteiger partial charge in [0.1, 0.15) is 18.4 Å². The van der Waals surface area contributed by atoms with Crippen molar-refractivity contribution >= 4 is 0 Å². The van der Waals surface area contributed by atoms with Crippen LogP contribution in [0.1, 0.15) is 18.7 Å². The summed E-state index contributed by atoms with van der Waals surface area (Å²) in [5, 5.41) is 28.9. The Morgan fingerprint density at radius 1 is 1.35 bits per heavy atom. The second-order valence-electron chi connectivity index (χ2n) is 5.07. The summed E-state index contributed by atoms with van der Waals surface area (Å²) in [5.41, 5.74) is -0.840. The van der Waals surface area contributed by atoms with Crippen LogP contribution in [0, 0.1) is 12.8 Å². The van der Waals surface area contributed by atoms with Crippen LogP contribution in [0.4, 0.5) is 0 Å². The molecule has 0 bridgehead atoms. The van der Waals surface area contributed by atoms with E-state index in [4.69, 9.17) is 9.84 Å². The zero-order valence-corrected chi connectivity index (χ0v) is 11.2. The smallest absolute Gasteiger partial charge is 0.330 e. The molecule has 2 heterocycles. The third kappa shape index (κ3) is 2.42. The number of aryl methyl sites for hydroxylation is 1. The molecule has 0 saturated carbocycles. The zero-order chi connectivity index (χ0) is 15.0. The van der Waals surface area contributed by atoms with Crippen molar-refractivity contribution in [3.8, 4) is 0 Å². The minimum absolute atomic E-state index is 0.321. The van der Waals surface area contributed by atoms with Crippen molar-refractivity contribution in [3.05, 3.63) is 32.6 Å². The van der Waals surface area contributed by atoms with Crippen molar-refractivity contribution in [3.63, 3.8) is 0 Å². The highest BCUT2D eigenvalue weighted by Gasteiger charge is 2.42. The second-order valence-corrected chi connectivity index (χ2v) is 5.07. The van der Waals surface area contributed by atoms with Gasteiger partial charge in [-0.2, -0.15) is 0 Å². The first-order valence-electron chi connectivity index (χ1n) is 6.31. The molecule has 1 aliphatic heterocycles. The summed E-state index contributed by atoms with van der Waals surface area (Å²) in [6.45, 7) is 2.66. The van der Waals surface area contributed by atoms with Gasteiger partial charge in [-0.05, 0) is 6.92 Å². The molecule has 1 aromatic rings. The van der Waals surface area contributed by atoms with Crippen LogP contribution in [0.5, 0.6) is 0 Å². The van der Waals surface area contributed by atoms with Gasteiger partial charge in [0.05, 0.1) is 12.7 Å². The van der Waals surface area contributed by atoms with Gasteiger partial charge in [0.15, 0.2) is 0 Å². The Bertz CT molecular complexity index is 592. The number of aromatic nitrogens is 2. The van der Waals surface area contributed by atoms with Crippen molar-refractivity contribution in [1.82, 2.24) is 9.55 Å². The number of nitrogens with zero attached hydrogens (tertiary/aromatic N) is 1. The Balaban J connectivity index is 2.44. The average Bonchev–Trinajstić information content (AvgIpc) is 2.41. The van der Waals surface area contributed by atoms with E-state index in [9.17, 15) is 19.8 Å². The summed E-state index contributed by atoms with van der Waals surface area (Å²) >= 11 is 0. The van der Waals surface area contributed by atoms with Crippen LogP contribution in [0.3, 0.4) is 0 Å². The zero-order valence-electron chi connectivity index (χ0n) is 11.2. The van der Waals surface area contributed by atoms with Gasteiger partial charge >= 0.3 is 5.69 Å².